The molecule has 4 aromatic rings. The minimum atomic E-state index is -0.921. The van der Waals surface area contributed by atoms with Crippen molar-refractivity contribution in [1.82, 2.24) is 9.38 Å². The second kappa shape index (κ2) is 6.40. The van der Waals surface area contributed by atoms with Crippen LogP contribution in [0.1, 0.15) is 10.4 Å². The highest BCUT2D eigenvalue weighted by atomic mass is 19.2. The average molecular weight is 349 g/mol. The Bertz CT molecular complexity index is 1110. The standard InChI is InChI=1S/C20H13F2N3O/c21-16-8-6-14(10-17(16)22)18-12-25-11-15(7-9-19(25)24-18)23-20(26)13-4-2-1-3-5-13/h1-12H,(H,23,26). The van der Waals surface area contributed by atoms with Crippen molar-refractivity contribution in [1.29, 1.82) is 0 Å². The Balaban J connectivity index is 1.63. The van der Waals surface area contributed by atoms with Crippen molar-refractivity contribution in [3.63, 3.8) is 0 Å². The van der Waals surface area contributed by atoms with Gasteiger partial charge in [-0.2, -0.15) is 0 Å². The highest BCUT2D eigenvalue weighted by Gasteiger charge is 2.10. The van der Waals surface area contributed by atoms with Gasteiger partial charge in [0.2, 0.25) is 0 Å². The van der Waals surface area contributed by atoms with Gasteiger partial charge in [-0.3, -0.25) is 4.79 Å². The number of anilines is 1. The second-order valence-electron chi connectivity index (χ2n) is 5.76. The number of aromatic nitrogens is 2. The molecule has 2 heterocycles. The number of fused-ring (bicyclic) bond motifs is 1. The summed E-state index contributed by atoms with van der Waals surface area (Å²) in [5.41, 5.74) is 2.77. The van der Waals surface area contributed by atoms with Crippen LogP contribution in [-0.4, -0.2) is 15.3 Å². The number of benzene rings is 2. The van der Waals surface area contributed by atoms with E-state index in [1.165, 1.54) is 6.07 Å². The Labute approximate surface area is 147 Å². The molecule has 6 heteroatoms. The zero-order chi connectivity index (χ0) is 18.1. The molecule has 4 nitrogen and oxygen atoms in total. The fourth-order valence-electron chi connectivity index (χ4n) is 2.65. The van der Waals surface area contributed by atoms with Crippen LogP contribution in [0.4, 0.5) is 14.5 Å². The maximum absolute atomic E-state index is 13.4. The van der Waals surface area contributed by atoms with Crippen LogP contribution in [-0.2, 0) is 0 Å². The first-order chi connectivity index (χ1) is 12.6. The Morgan fingerprint density at radius 1 is 0.923 bits per heavy atom. The van der Waals surface area contributed by atoms with Crippen LogP contribution in [0, 0.1) is 11.6 Å². The molecule has 0 bridgehead atoms. The lowest BCUT2D eigenvalue weighted by Crippen LogP contribution is -2.11. The monoisotopic (exact) mass is 349 g/mol. The van der Waals surface area contributed by atoms with E-state index in [2.05, 4.69) is 10.3 Å². The van der Waals surface area contributed by atoms with Crippen LogP contribution in [0.3, 0.4) is 0 Å². The number of carbonyl (C=O) groups excluding carboxylic acids is 1. The van der Waals surface area contributed by atoms with E-state index in [-0.39, 0.29) is 5.91 Å². The predicted octanol–water partition coefficient (Wildman–Crippen LogP) is 4.53. The molecule has 0 radical (unpaired) electrons. The van der Waals surface area contributed by atoms with Gasteiger partial charge in [0.1, 0.15) is 5.65 Å². The van der Waals surface area contributed by atoms with Gasteiger partial charge in [0.15, 0.2) is 11.6 Å². The molecule has 2 aromatic carbocycles. The number of pyridine rings is 1. The molecular formula is C20H13F2N3O. The molecule has 0 unspecified atom stereocenters. The largest absolute Gasteiger partial charge is 0.321 e. The number of nitrogens with one attached hydrogen (secondary N) is 1. The highest BCUT2D eigenvalue weighted by Crippen LogP contribution is 2.22. The summed E-state index contributed by atoms with van der Waals surface area (Å²) in [6, 6.07) is 16.0. The molecule has 0 saturated carbocycles. The molecule has 0 atom stereocenters. The molecule has 128 valence electrons. The molecule has 0 saturated heterocycles. The SMILES string of the molecule is O=C(Nc1ccc2nc(-c3ccc(F)c(F)c3)cn2c1)c1ccccc1. The lowest BCUT2D eigenvalue weighted by atomic mass is 10.1. The van der Waals surface area contributed by atoms with Crippen LogP contribution in [0.15, 0.2) is 73.1 Å². The fourth-order valence-corrected chi connectivity index (χ4v) is 2.65. The van der Waals surface area contributed by atoms with E-state index in [9.17, 15) is 13.6 Å². The summed E-state index contributed by atoms with van der Waals surface area (Å²) in [6.45, 7) is 0. The summed E-state index contributed by atoms with van der Waals surface area (Å²) < 4.78 is 28.2. The van der Waals surface area contributed by atoms with Crippen LogP contribution >= 0.6 is 0 Å². The molecule has 4 rings (SSSR count). The summed E-state index contributed by atoms with van der Waals surface area (Å²) in [4.78, 5) is 16.6. The Hall–Kier alpha value is -3.54. The molecule has 26 heavy (non-hydrogen) atoms. The first-order valence-electron chi connectivity index (χ1n) is 7.91. The van der Waals surface area contributed by atoms with Gasteiger partial charge in [-0.1, -0.05) is 18.2 Å². The Morgan fingerprint density at radius 2 is 1.73 bits per heavy atom. The molecule has 0 fully saturated rings. The third-order valence-corrected chi connectivity index (χ3v) is 3.96. The van der Waals surface area contributed by atoms with Gasteiger partial charge >= 0.3 is 0 Å². The summed E-state index contributed by atoms with van der Waals surface area (Å²) in [5, 5.41) is 2.82. The molecule has 1 N–H and O–H groups in total. The van der Waals surface area contributed by atoms with E-state index < -0.39 is 11.6 Å². The van der Waals surface area contributed by atoms with Crippen molar-refractivity contribution in [3.05, 3.63) is 90.3 Å². The average Bonchev–Trinajstić information content (AvgIpc) is 3.08. The lowest BCUT2D eigenvalue weighted by Gasteiger charge is -2.05. The number of carbonyl (C=O) groups is 1. The van der Waals surface area contributed by atoms with Crippen molar-refractivity contribution in [2.24, 2.45) is 0 Å². The Kier molecular flexibility index (Phi) is 3.93. The third kappa shape index (κ3) is 3.04. The van der Waals surface area contributed by atoms with Gasteiger partial charge in [-0.05, 0) is 42.5 Å². The molecule has 0 aliphatic heterocycles. The predicted molar refractivity (Wildman–Crippen MR) is 94.9 cm³/mol. The maximum Gasteiger partial charge on any atom is 0.255 e. The molecule has 0 aliphatic carbocycles. The fraction of sp³-hybridized carbons (Fsp3) is 0. The molecule has 1 amide bonds. The van der Waals surface area contributed by atoms with Crippen LogP contribution in [0.2, 0.25) is 0 Å². The number of nitrogens with zero attached hydrogens (tertiary/aromatic N) is 2. The maximum atomic E-state index is 13.4. The van der Waals surface area contributed by atoms with Gasteiger partial charge in [0.25, 0.3) is 5.91 Å². The van der Waals surface area contributed by atoms with Gasteiger partial charge in [-0.25, -0.2) is 13.8 Å². The number of halogens is 2. The van der Waals surface area contributed by atoms with Crippen molar-refractivity contribution in [2.45, 2.75) is 0 Å². The highest BCUT2D eigenvalue weighted by molar-refractivity contribution is 6.04. The number of hydrogen-bond acceptors (Lipinski definition) is 2. The van der Waals surface area contributed by atoms with Crippen molar-refractivity contribution < 1.29 is 13.6 Å². The van der Waals surface area contributed by atoms with Gasteiger partial charge in [-0.15, -0.1) is 0 Å². The zero-order valence-corrected chi connectivity index (χ0v) is 13.5. The van der Waals surface area contributed by atoms with E-state index in [4.69, 9.17) is 0 Å². The first-order valence-corrected chi connectivity index (χ1v) is 7.91. The minimum Gasteiger partial charge on any atom is -0.321 e. The minimum absolute atomic E-state index is 0.217. The van der Waals surface area contributed by atoms with Crippen molar-refractivity contribution in [2.75, 3.05) is 5.32 Å². The van der Waals surface area contributed by atoms with Gasteiger partial charge < -0.3 is 9.72 Å². The van der Waals surface area contributed by atoms with Crippen LogP contribution < -0.4 is 5.32 Å². The van der Waals surface area contributed by atoms with Crippen LogP contribution in [0.25, 0.3) is 16.9 Å². The summed E-state index contributed by atoms with van der Waals surface area (Å²) in [6.07, 6.45) is 3.41. The van der Waals surface area contributed by atoms with Crippen molar-refractivity contribution in [3.8, 4) is 11.3 Å². The number of hydrogen-bond donors (Lipinski definition) is 1. The smallest absolute Gasteiger partial charge is 0.255 e. The van der Waals surface area contributed by atoms with E-state index in [1.54, 1.807) is 53.2 Å². The topological polar surface area (TPSA) is 46.4 Å². The lowest BCUT2D eigenvalue weighted by molar-refractivity contribution is 0.102. The van der Waals surface area contributed by atoms with E-state index in [0.717, 1.165) is 12.1 Å². The van der Waals surface area contributed by atoms with Gasteiger partial charge in [0.05, 0.1) is 11.4 Å². The second-order valence-corrected chi connectivity index (χ2v) is 5.76. The summed E-state index contributed by atoms with van der Waals surface area (Å²) in [7, 11) is 0. The van der Waals surface area contributed by atoms with E-state index >= 15 is 0 Å². The third-order valence-electron chi connectivity index (χ3n) is 3.96. The van der Waals surface area contributed by atoms with E-state index in [0.29, 0.717) is 28.2 Å². The quantitative estimate of drug-likeness (QED) is 0.591. The molecule has 0 spiro atoms. The number of amides is 1. The normalized spacial score (nSPS) is 10.8. The molecule has 2 aromatic heterocycles. The van der Waals surface area contributed by atoms with E-state index in [1.807, 2.05) is 6.07 Å². The van der Waals surface area contributed by atoms with Gasteiger partial charge in [0, 0.05) is 23.5 Å². The number of rotatable bonds is 3. The van der Waals surface area contributed by atoms with Crippen LogP contribution in [0.5, 0.6) is 0 Å². The Morgan fingerprint density at radius 3 is 2.50 bits per heavy atom. The van der Waals surface area contributed by atoms with Crippen molar-refractivity contribution >= 4 is 17.2 Å². The zero-order valence-electron chi connectivity index (χ0n) is 13.5. The first kappa shape index (κ1) is 16.0. The summed E-state index contributed by atoms with van der Waals surface area (Å²) >= 11 is 0. The summed E-state index contributed by atoms with van der Waals surface area (Å²) in [5.74, 6) is -2.04. The molecular weight excluding hydrogens is 336 g/mol. The number of imidazole rings is 1. The molecule has 0 aliphatic rings.